The van der Waals surface area contributed by atoms with Gasteiger partial charge < -0.3 is 5.73 Å². The second kappa shape index (κ2) is 6.14. The topological polar surface area (TPSA) is 51.8 Å². The first-order valence-corrected chi connectivity index (χ1v) is 7.18. The first kappa shape index (κ1) is 14.7. The number of hydrogen-bond donors (Lipinski definition) is 1. The highest BCUT2D eigenvalue weighted by Gasteiger charge is 2.14. The average molecular weight is 269 g/mol. The highest BCUT2D eigenvalue weighted by Crippen LogP contribution is 2.18. The number of hydrogen-bond acceptors (Lipinski definition) is 3. The fraction of sp³-hybridized carbons (Fsp3) is 0.412. The Labute approximate surface area is 121 Å². The molecule has 2 N–H and O–H groups in total. The fourth-order valence-electron chi connectivity index (χ4n) is 2.18. The first-order valence-electron chi connectivity index (χ1n) is 7.18. The summed E-state index contributed by atoms with van der Waals surface area (Å²) in [6.45, 7) is 6.17. The van der Waals surface area contributed by atoms with E-state index in [0.29, 0.717) is 6.42 Å². The molecule has 2 aromatic rings. The average Bonchev–Trinajstić information content (AvgIpc) is 2.38. The van der Waals surface area contributed by atoms with E-state index in [9.17, 15) is 0 Å². The maximum Gasteiger partial charge on any atom is 0.130 e. The molecular formula is C17H23N3. The van der Waals surface area contributed by atoms with Crippen LogP contribution in [0.25, 0.3) is 11.3 Å². The lowest BCUT2D eigenvalue weighted by Gasteiger charge is -2.17. The van der Waals surface area contributed by atoms with E-state index in [4.69, 9.17) is 5.73 Å². The molecule has 0 bridgehead atoms. The van der Waals surface area contributed by atoms with E-state index in [1.165, 1.54) is 12.0 Å². The standard InChI is InChI=1S/C17H23N3/c1-4-5-13-6-8-14(9-7-13)15-10-11-19-16(20-15)12-17(2,3)18/h6-11H,4-5,12,18H2,1-3H3. The van der Waals surface area contributed by atoms with E-state index in [1.807, 2.05) is 26.1 Å². The molecule has 20 heavy (non-hydrogen) atoms. The lowest BCUT2D eigenvalue weighted by molar-refractivity contribution is 0.502. The highest BCUT2D eigenvalue weighted by molar-refractivity contribution is 5.59. The largest absolute Gasteiger partial charge is 0.325 e. The minimum Gasteiger partial charge on any atom is -0.325 e. The Bertz CT molecular complexity index is 553. The molecule has 0 spiro atoms. The Morgan fingerprint density at radius 2 is 1.80 bits per heavy atom. The van der Waals surface area contributed by atoms with Crippen molar-refractivity contribution >= 4 is 0 Å². The van der Waals surface area contributed by atoms with Crippen LogP contribution in [-0.4, -0.2) is 15.5 Å². The van der Waals surface area contributed by atoms with Gasteiger partial charge in [0, 0.05) is 23.7 Å². The van der Waals surface area contributed by atoms with E-state index in [1.54, 1.807) is 0 Å². The molecule has 1 aromatic carbocycles. The van der Waals surface area contributed by atoms with Gasteiger partial charge in [0.1, 0.15) is 5.82 Å². The van der Waals surface area contributed by atoms with Gasteiger partial charge in [-0.2, -0.15) is 0 Å². The molecule has 3 heteroatoms. The van der Waals surface area contributed by atoms with Crippen LogP contribution < -0.4 is 5.73 Å². The maximum atomic E-state index is 6.03. The number of aryl methyl sites for hydroxylation is 1. The van der Waals surface area contributed by atoms with E-state index in [2.05, 4.69) is 41.2 Å². The second-order valence-corrected chi connectivity index (χ2v) is 5.97. The molecule has 1 aromatic heterocycles. The molecule has 2 rings (SSSR count). The molecule has 0 aliphatic carbocycles. The van der Waals surface area contributed by atoms with Gasteiger partial charge in [0.15, 0.2) is 0 Å². The van der Waals surface area contributed by atoms with Crippen molar-refractivity contribution < 1.29 is 0 Å². The van der Waals surface area contributed by atoms with Gasteiger partial charge in [0.2, 0.25) is 0 Å². The number of nitrogens with zero attached hydrogens (tertiary/aromatic N) is 2. The quantitative estimate of drug-likeness (QED) is 0.905. The number of aromatic nitrogens is 2. The summed E-state index contributed by atoms with van der Waals surface area (Å²) in [5, 5.41) is 0. The summed E-state index contributed by atoms with van der Waals surface area (Å²) in [7, 11) is 0. The van der Waals surface area contributed by atoms with Gasteiger partial charge in [-0.1, -0.05) is 37.6 Å². The van der Waals surface area contributed by atoms with Gasteiger partial charge in [-0.3, -0.25) is 0 Å². The zero-order valence-corrected chi connectivity index (χ0v) is 12.6. The number of benzene rings is 1. The van der Waals surface area contributed by atoms with Crippen molar-refractivity contribution in [2.75, 3.05) is 0 Å². The summed E-state index contributed by atoms with van der Waals surface area (Å²) in [6.07, 6.45) is 4.78. The Hall–Kier alpha value is -1.74. The van der Waals surface area contributed by atoms with Crippen molar-refractivity contribution in [3.63, 3.8) is 0 Å². The van der Waals surface area contributed by atoms with E-state index in [0.717, 1.165) is 23.5 Å². The van der Waals surface area contributed by atoms with Crippen LogP contribution in [0.3, 0.4) is 0 Å². The Morgan fingerprint density at radius 1 is 1.10 bits per heavy atom. The van der Waals surface area contributed by atoms with Crippen molar-refractivity contribution in [1.29, 1.82) is 0 Å². The maximum absolute atomic E-state index is 6.03. The molecule has 0 atom stereocenters. The molecule has 3 nitrogen and oxygen atoms in total. The van der Waals surface area contributed by atoms with Gasteiger partial charge in [0.25, 0.3) is 0 Å². The molecule has 106 valence electrons. The van der Waals surface area contributed by atoms with Crippen LogP contribution in [0.1, 0.15) is 38.6 Å². The van der Waals surface area contributed by atoms with Crippen LogP contribution in [0.15, 0.2) is 36.5 Å². The van der Waals surface area contributed by atoms with Crippen LogP contribution in [0.4, 0.5) is 0 Å². The Balaban J connectivity index is 2.22. The van der Waals surface area contributed by atoms with Gasteiger partial charge in [-0.25, -0.2) is 9.97 Å². The predicted molar refractivity (Wildman–Crippen MR) is 83.4 cm³/mol. The van der Waals surface area contributed by atoms with E-state index < -0.39 is 0 Å². The second-order valence-electron chi connectivity index (χ2n) is 5.97. The highest BCUT2D eigenvalue weighted by atomic mass is 14.9. The molecule has 0 aliphatic heterocycles. The third-order valence-electron chi connectivity index (χ3n) is 3.11. The SMILES string of the molecule is CCCc1ccc(-c2ccnc(CC(C)(C)N)n2)cc1. The van der Waals surface area contributed by atoms with Gasteiger partial charge >= 0.3 is 0 Å². The molecular weight excluding hydrogens is 246 g/mol. The fourth-order valence-corrected chi connectivity index (χ4v) is 2.18. The molecule has 0 saturated carbocycles. The van der Waals surface area contributed by atoms with Crippen LogP contribution in [-0.2, 0) is 12.8 Å². The van der Waals surface area contributed by atoms with Crippen molar-refractivity contribution in [3.05, 3.63) is 47.9 Å². The van der Waals surface area contributed by atoms with Crippen molar-refractivity contribution in [1.82, 2.24) is 9.97 Å². The first-order chi connectivity index (χ1) is 9.48. The molecule has 0 saturated heterocycles. The molecule has 0 amide bonds. The van der Waals surface area contributed by atoms with Gasteiger partial charge in [-0.15, -0.1) is 0 Å². The molecule has 0 radical (unpaired) electrons. The molecule has 1 heterocycles. The van der Waals surface area contributed by atoms with Gasteiger partial charge in [0.05, 0.1) is 5.69 Å². The smallest absolute Gasteiger partial charge is 0.130 e. The summed E-state index contributed by atoms with van der Waals surface area (Å²) in [4.78, 5) is 8.92. The minimum atomic E-state index is -0.288. The van der Waals surface area contributed by atoms with Crippen molar-refractivity contribution in [2.45, 2.75) is 45.6 Å². The lowest BCUT2D eigenvalue weighted by Crippen LogP contribution is -2.35. The van der Waals surface area contributed by atoms with Crippen LogP contribution in [0, 0.1) is 0 Å². The molecule has 0 unspecified atom stereocenters. The minimum absolute atomic E-state index is 0.288. The normalized spacial score (nSPS) is 11.6. The summed E-state index contributed by atoms with van der Waals surface area (Å²) in [5.41, 5.74) is 9.20. The molecule has 0 fully saturated rings. The van der Waals surface area contributed by atoms with Gasteiger partial charge in [-0.05, 0) is 31.9 Å². The number of nitrogens with two attached hydrogens (primary N) is 1. The zero-order valence-electron chi connectivity index (χ0n) is 12.6. The zero-order chi connectivity index (χ0) is 14.6. The summed E-state index contributed by atoms with van der Waals surface area (Å²) in [6, 6.07) is 10.6. The lowest BCUT2D eigenvalue weighted by atomic mass is 10.0. The van der Waals surface area contributed by atoms with Crippen LogP contribution in [0.2, 0.25) is 0 Å². The van der Waals surface area contributed by atoms with Crippen molar-refractivity contribution in [2.24, 2.45) is 5.73 Å². The number of rotatable bonds is 5. The predicted octanol–water partition coefficient (Wildman–Crippen LogP) is 3.38. The van der Waals surface area contributed by atoms with E-state index in [-0.39, 0.29) is 5.54 Å². The Morgan fingerprint density at radius 3 is 2.40 bits per heavy atom. The Kier molecular flexibility index (Phi) is 4.50. The third kappa shape index (κ3) is 4.14. The molecule has 0 aliphatic rings. The third-order valence-corrected chi connectivity index (χ3v) is 3.11. The summed E-state index contributed by atoms with van der Waals surface area (Å²) < 4.78 is 0. The van der Waals surface area contributed by atoms with Crippen LogP contribution >= 0.6 is 0 Å². The summed E-state index contributed by atoms with van der Waals surface area (Å²) in [5.74, 6) is 0.799. The summed E-state index contributed by atoms with van der Waals surface area (Å²) >= 11 is 0. The van der Waals surface area contributed by atoms with Crippen LogP contribution in [0.5, 0.6) is 0 Å². The van der Waals surface area contributed by atoms with Crippen molar-refractivity contribution in [3.8, 4) is 11.3 Å². The van der Waals surface area contributed by atoms with E-state index >= 15 is 0 Å². The monoisotopic (exact) mass is 269 g/mol.